The van der Waals surface area contributed by atoms with E-state index >= 15 is 0 Å². The number of nitrogens with zero attached hydrogens (tertiary/aromatic N) is 3. The zero-order valence-corrected chi connectivity index (χ0v) is 9.94. The van der Waals surface area contributed by atoms with Gasteiger partial charge in [-0.1, -0.05) is 0 Å². The molecule has 2 aromatic heterocycles. The van der Waals surface area contributed by atoms with Crippen LogP contribution in [0.5, 0.6) is 0 Å². The number of hydrogen-bond donors (Lipinski definition) is 2. The van der Waals surface area contributed by atoms with Crippen LogP contribution in [0.15, 0.2) is 30.7 Å². The van der Waals surface area contributed by atoms with Gasteiger partial charge in [-0.3, -0.25) is 4.98 Å². The number of hydrogen-bond acceptors (Lipinski definition) is 5. The van der Waals surface area contributed by atoms with Crippen molar-refractivity contribution < 1.29 is 0 Å². The lowest BCUT2D eigenvalue weighted by atomic mass is 10.1. The van der Waals surface area contributed by atoms with E-state index in [0.717, 1.165) is 11.4 Å². The molecule has 0 saturated carbocycles. The van der Waals surface area contributed by atoms with Gasteiger partial charge in [-0.25, -0.2) is 4.98 Å². The lowest BCUT2D eigenvalue weighted by Crippen LogP contribution is -2.05. The maximum atomic E-state index is 4.28. The van der Waals surface area contributed by atoms with Crippen LogP contribution in [0.2, 0.25) is 0 Å². The molecule has 0 bridgehead atoms. The molecule has 2 rings (SSSR count). The third kappa shape index (κ3) is 2.90. The van der Waals surface area contributed by atoms with Crippen LogP contribution in [0.3, 0.4) is 0 Å². The molecule has 5 nitrogen and oxygen atoms in total. The van der Waals surface area contributed by atoms with E-state index in [-0.39, 0.29) is 0 Å². The minimum atomic E-state index is 0.609. The Kier molecular flexibility index (Phi) is 3.49. The highest BCUT2D eigenvalue weighted by Crippen LogP contribution is 2.09. The van der Waals surface area contributed by atoms with Crippen molar-refractivity contribution in [3.63, 3.8) is 0 Å². The molecule has 0 saturated heterocycles. The molecule has 0 aromatic carbocycles. The summed E-state index contributed by atoms with van der Waals surface area (Å²) in [5, 5.41) is 6.15. The summed E-state index contributed by atoms with van der Waals surface area (Å²) in [7, 11) is 1.80. The number of pyridine rings is 1. The topological polar surface area (TPSA) is 62.7 Å². The van der Waals surface area contributed by atoms with E-state index < -0.39 is 0 Å². The SMILES string of the molecule is CNc1nccc(NCc2cnccc2C)n1. The maximum Gasteiger partial charge on any atom is 0.224 e. The fourth-order valence-corrected chi connectivity index (χ4v) is 1.45. The van der Waals surface area contributed by atoms with Crippen molar-refractivity contribution in [3.05, 3.63) is 41.9 Å². The Balaban J connectivity index is 2.05. The lowest BCUT2D eigenvalue weighted by molar-refractivity contribution is 1.05. The zero-order valence-electron chi connectivity index (χ0n) is 9.94. The van der Waals surface area contributed by atoms with E-state index in [4.69, 9.17) is 0 Å². The molecule has 2 heterocycles. The fraction of sp³-hybridized carbons (Fsp3) is 0.250. The molecule has 5 heteroatoms. The largest absolute Gasteiger partial charge is 0.366 e. The van der Waals surface area contributed by atoms with Crippen molar-refractivity contribution in [2.75, 3.05) is 17.7 Å². The minimum Gasteiger partial charge on any atom is -0.366 e. The van der Waals surface area contributed by atoms with Gasteiger partial charge in [0.1, 0.15) is 5.82 Å². The van der Waals surface area contributed by atoms with Gasteiger partial charge < -0.3 is 10.6 Å². The van der Waals surface area contributed by atoms with Gasteiger partial charge >= 0.3 is 0 Å². The van der Waals surface area contributed by atoms with Gasteiger partial charge in [-0.2, -0.15) is 4.98 Å². The van der Waals surface area contributed by atoms with Crippen LogP contribution in [0.25, 0.3) is 0 Å². The Bertz CT molecular complexity index is 498. The molecule has 0 unspecified atom stereocenters. The summed E-state index contributed by atoms with van der Waals surface area (Å²) in [5.74, 6) is 1.41. The standard InChI is InChI=1S/C12H15N5/c1-9-3-5-14-7-10(9)8-16-11-4-6-15-12(13-2)17-11/h3-7H,8H2,1-2H3,(H2,13,15,16,17). The van der Waals surface area contributed by atoms with Gasteiger partial charge in [0.2, 0.25) is 5.95 Å². The highest BCUT2D eigenvalue weighted by atomic mass is 15.1. The fourth-order valence-electron chi connectivity index (χ4n) is 1.45. The Labute approximate surface area is 100 Å². The monoisotopic (exact) mass is 229 g/mol. The second-order valence-electron chi connectivity index (χ2n) is 3.67. The molecule has 0 aliphatic heterocycles. The average molecular weight is 229 g/mol. The first-order valence-corrected chi connectivity index (χ1v) is 5.44. The summed E-state index contributed by atoms with van der Waals surface area (Å²) in [6, 6.07) is 3.84. The van der Waals surface area contributed by atoms with Crippen LogP contribution in [0, 0.1) is 6.92 Å². The summed E-state index contributed by atoms with van der Waals surface area (Å²) in [6.07, 6.45) is 5.38. The molecule has 0 aliphatic rings. The first-order chi connectivity index (χ1) is 8.29. The molecule has 0 radical (unpaired) electrons. The van der Waals surface area contributed by atoms with E-state index in [0.29, 0.717) is 12.5 Å². The zero-order chi connectivity index (χ0) is 12.1. The highest BCUT2D eigenvalue weighted by molar-refractivity contribution is 5.40. The quantitative estimate of drug-likeness (QED) is 0.837. The molecular formula is C12H15N5. The first kappa shape index (κ1) is 11.3. The third-order valence-electron chi connectivity index (χ3n) is 2.49. The summed E-state index contributed by atoms with van der Waals surface area (Å²) in [4.78, 5) is 12.4. The van der Waals surface area contributed by atoms with Crippen molar-refractivity contribution >= 4 is 11.8 Å². The molecule has 0 spiro atoms. The maximum absolute atomic E-state index is 4.28. The summed E-state index contributed by atoms with van der Waals surface area (Å²) in [6.45, 7) is 2.78. The van der Waals surface area contributed by atoms with Gasteiger partial charge in [0.05, 0.1) is 0 Å². The van der Waals surface area contributed by atoms with Crippen molar-refractivity contribution in [2.45, 2.75) is 13.5 Å². The van der Waals surface area contributed by atoms with Crippen LogP contribution in [-0.4, -0.2) is 22.0 Å². The third-order valence-corrected chi connectivity index (χ3v) is 2.49. The van der Waals surface area contributed by atoms with Crippen molar-refractivity contribution in [2.24, 2.45) is 0 Å². The summed E-state index contributed by atoms with van der Waals surface area (Å²) >= 11 is 0. The number of anilines is 2. The van der Waals surface area contributed by atoms with Gasteiger partial charge in [-0.15, -0.1) is 0 Å². The molecule has 2 aromatic rings. The molecular weight excluding hydrogens is 214 g/mol. The Morgan fingerprint density at radius 2 is 2.12 bits per heavy atom. The van der Waals surface area contributed by atoms with Gasteiger partial charge in [0.25, 0.3) is 0 Å². The highest BCUT2D eigenvalue weighted by Gasteiger charge is 1.99. The summed E-state index contributed by atoms with van der Waals surface area (Å²) in [5.41, 5.74) is 2.38. The van der Waals surface area contributed by atoms with Crippen LogP contribution in [-0.2, 0) is 6.54 Å². The van der Waals surface area contributed by atoms with Gasteiger partial charge in [0, 0.05) is 32.2 Å². The van der Waals surface area contributed by atoms with E-state index in [1.807, 2.05) is 18.3 Å². The van der Waals surface area contributed by atoms with Crippen LogP contribution in [0.1, 0.15) is 11.1 Å². The van der Waals surface area contributed by atoms with Crippen molar-refractivity contribution in [1.29, 1.82) is 0 Å². The Morgan fingerprint density at radius 3 is 2.88 bits per heavy atom. The Hall–Kier alpha value is -2.17. The van der Waals surface area contributed by atoms with Gasteiger partial charge in [-0.05, 0) is 30.2 Å². The van der Waals surface area contributed by atoms with E-state index in [9.17, 15) is 0 Å². The van der Waals surface area contributed by atoms with Crippen LogP contribution >= 0.6 is 0 Å². The number of rotatable bonds is 4. The Morgan fingerprint density at radius 1 is 1.24 bits per heavy atom. The molecule has 0 amide bonds. The van der Waals surface area contributed by atoms with Gasteiger partial charge in [0.15, 0.2) is 0 Å². The normalized spacial score (nSPS) is 10.0. The predicted molar refractivity (Wildman–Crippen MR) is 67.9 cm³/mol. The molecule has 17 heavy (non-hydrogen) atoms. The number of aromatic nitrogens is 3. The van der Waals surface area contributed by atoms with Crippen molar-refractivity contribution in [1.82, 2.24) is 15.0 Å². The van der Waals surface area contributed by atoms with E-state index in [1.54, 1.807) is 19.4 Å². The summed E-state index contributed by atoms with van der Waals surface area (Å²) < 4.78 is 0. The number of aryl methyl sites for hydroxylation is 1. The second-order valence-corrected chi connectivity index (χ2v) is 3.67. The predicted octanol–water partition coefficient (Wildman–Crippen LogP) is 1.83. The van der Waals surface area contributed by atoms with E-state index in [2.05, 4.69) is 32.5 Å². The molecule has 0 aliphatic carbocycles. The molecule has 0 atom stereocenters. The molecule has 88 valence electrons. The average Bonchev–Trinajstić information content (AvgIpc) is 2.38. The molecule has 2 N–H and O–H groups in total. The van der Waals surface area contributed by atoms with Crippen LogP contribution in [0.4, 0.5) is 11.8 Å². The minimum absolute atomic E-state index is 0.609. The number of nitrogens with one attached hydrogen (secondary N) is 2. The molecule has 0 fully saturated rings. The second kappa shape index (κ2) is 5.25. The van der Waals surface area contributed by atoms with Crippen molar-refractivity contribution in [3.8, 4) is 0 Å². The lowest BCUT2D eigenvalue weighted by Gasteiger charge is -2.08. The first-order valence-electron chi connectivity index (χ1n) is 5.44. The van der Waals surface area contributed by atoms with Crippen LogP contribution < -0.4 is 10.6 Å². The smallest absolute Gasteiger partial charge is 0.224 e. The van der Waals surface area contributed by atoms with E-state index in [1.165, 1.54) is 5.56 Å².